The molecule has 0 saturated carbocycles. The molecule has 0 fully saturated rings. The predicted molar refractivity (Wildman–Crippen MR) is 70.9 cm³/mol. The Balaban J connectivity index is 2.52. The SMILES string of the molecule is CC[C@H](C)NC(=O)C(=O)N[C@@H](C)c1ccccc1. The highest BCUT2D eigenvalue weighted by Crippen LogP contribution is 2.10. The molecule has 98 valence electrons. The Hall–Kier alpha value is -1.84. The summed E-state index contributed by atoms with van der Waals surface area (Å²) in [5, 5.41) is 5.31. The third-order valence-corrected chi connectivity index (χ3v) is 2.84. The number of amides is 2. The minimum Gasteiger partial charge on any atom is -0.345 e. The maximum absolute atomic E-state index is 11.7. The molecular formula is C14H20N2O2. The summed E-state index contributed by atoms with van der Waals surface area (Å²) >= 11 is 0. The van der Waals surface area contributed by atoms with Gasteiger partial charge in [-0.05, 0) is 25.8 Å². The highest BCUT2D eigenvalue weighted by atomic mass is 16.2. The normalized spacial score (nSPS) is 13.5. The number of carbonyl (C=O) groups is 2. The molecule has 1 aromatic rings. The summed E-state index contributed by atoms with van der Waals surface area (Å²) in [7, 11) is 0. The monoisotopic (exact) mass is 248 g/mol. The van der Waals surface area contributed by atoms with Gasteiger partial charge in [0.2, 0.25) is 0 Å². The Morgan fingerprint density at radius 3 is 2.17 bits per heavy atom. The number of hydrogen-bond donors (Lipinski definition) is 2. The molecule has 1 rings (SSSR count). The number of nitrogens with one attached hydrogen (secondary N) is 2. The molecule has 0 aliphatic rings. The molecule has 0 aliphatic carbocycles. The van der Waals surface area contributed by atoms with Crippen molar-refractivity contribution in [3.63, 3.8) is 0 Å². The summed E-state index contributed by atoms with van der Waals surface area (Å²) in [5.74, 6) is -1.17. The van der Waals surface area contributed by atoms with Crippen molar-refractivity contribution in [1.82, 2.24) is 10.6 Å². The maximum atomic E-state index is 11.7. The lowest BCUT2D eigenvalue weighted by atomic mass is 10.1. The van der Waals surface area contributed by atoms with E-state index in [2.05, 4.69) is 10.6 Å². The zero-order chi connectivity index (χ0) is 13.5. The summed E-state index contributed by atoms with van der Waals surface area (Å²) in [6.07, 6.45) is 0.799. The predicted octanol–water partition coefficient (Wildman–Crippen LogP) is 1.78. The topological polar surface area (TPSA) is 58.2 Å². The fourth-order valence-electron chi connectivity index (χ4n) is 1.48. The van der Waals surface area contributed by atoms with Crippen molar-refractivity contribution in [2.45, 2.75) is 39.3 Å². The van der Waals surface area contributed by atoms with Gasteiger partial charge in [-0.15, -0.1) is 0 Å². The molecule has 4 nitrogen and oxygen atoms in total. The molecule has 0 saturated heterocycles. The highest BCUT2D eigenvalue weighted by Gasteiger charge is 2.17. The minimum absolute atomic E-state index is 0.00952. The lowest BCUT2D eigenvalue weighted by Gasteiger charge is -2.15. The molecule has 4 heteroatoms. The number of hydrogen-bond acceptors (Lipinski definition) is 2. The Kier molecular flexibility index (Phi) is 5.36. The smallest absolute Gasteiger partial charge is 0.309 e. The summed E-state index contributed by atoms with van der Waals surface area (Å²) in [5.41, 5.74) is 0.974. The Morgan fingerprint density at radius 1 is 1.06 bits per heavy atom. The minimum atomic E-state index is -0.591. The van der Waals surface area contributed by atoms with Crippen molar-refractivity contribution < 1.29 is 9.59 Å². The molecule has 2 N–H and O–H groups in total. The largest absolute Gasteiger partial charge is 0.345 e. The first-order valence-corrected chi connectivity index (χ1v) is 6.21. The van der Waals surface area contributed by atoms with Gasteiger partial charge in [0.1, 0.15) is 0 Å². The molecule has 0 spiro atoms. The van der Waals surface area contributed by atoms with E-state index in [1.807, 2.05) is 51.1 Å². The molecule has 0 unspecified atom stereocenters. The lowest BCUT2D eigenvalue weighted by Crippen LogP contribution is -2.44. The van der Waals surface area contributed by atoms with Crippen molar-refractivity contribution in [3.8, 4) is 0 Å². The van der Waals surface area contributed by atoms with Gasteiger partial charge in [-0.1, -0.05) is 37.3 Å². The number of carbonyl (C=O) groups excluding carboxylic acids is 2. The van der Waals surface area contributed by atoms with Crippen molar-refractivity contribution in [1.29, 1.82) is 0 Å². The number of benzene rings is 1. The van der Waals surface area contributed by atoms with E-state index in [1.165, 1.54) is 0 Å². The van der Waals surface area contributed by atoms with E-state index in [-0.39, 0.29) is 12.1 Å². The van der Waals surface area contributed by atoms with Crippen LogP contribution in [0, 0.1) is 0 Å². The Bertz CT molecular complexity index is 404. The second-order valence-corrected chi connectivity index (χ2v) is 4.39. The maximum Gasteiger partial charge on any atom is 0.309 e. The van der Waals surface area contributed by atoms with Crippen molar-refractivity contribution in [3.05, 3.63) is 35.9 Å². The van der Waals surface area contributed by atoms with E-state index < -0.39 is 11.8 Å². The van der Waals surface area contributed by atoms with Gasteiger partial charge >= 0.3 is 11.8 Å². The van der Waals surface area contributed by atoms with Gasteiger partial charge in [-0.2, -0.15) is 0 Å². The van der Waals surface area contributed by atoms with Crippen LogP contribution in [-0.2, 0) is 9.59 Å². The van der Waals surface area contributed by atoms with Crippen LogP contribution < -0.4 is 10.6 Å². The zero-order valence-electron chi connectivity index (χ0n) is 11.1. The zero-order valence-corrected chi connectivity index (χ0v) is 11.1. The van der Waals surface area contributed by atoms with E-state index in [4.69, 9.17) is 0 Å². The molecule has 0 aliphatic heterocycles. The summed E-state index contributed by atoms with van der Waals surface area (Å²) in [4.78, 5) is 23.2. The molecule has 2 atom stereocenters. The summed E-state index contributed by atoms with van der Waals surface area (Å²) < 4.78 is 0. The molecule has 18 heavy (non-hydrogen) atoms. The van der Waals surface area contributed by atoms with Crippen LogP contribution in [0.2, 0.25) is 0 Å². The third-order valence-electron chi connectivity index (χ3n) is 2.84. The Morgan fingerprint density at radius 2 is 1.61 bits per heavy atom. The Labute approximate surface area is 108 Å². The highest BCUT2D eigenvalue weighted by molar-refractivity contribution is 6.35. The van der Waals surface area contributed by atoms with Crippen LogP contribution in [0.15, 0.2) is 30.3 Å². The second kappa shape index (κ2) is 6.79. The van der Waals surface area contributed by atoms with Gasteiger partial charge in [0.05, 0.1) is 6.04 Å². The lowest BCUT2D eigenvalue weighted by molar-refractivity contribution is -0.140. The van der Waals surface area contributed by atoms with Crippen LogP contribution in [0.1, 0.15) is 38.8 Å². The fourth-order valence-corrected chi connectivity index (χ4v) is 1.48. The molecule has 0 bridgehead atoms. The molecule has 1 aromatic carbocycles. The first-order chi connectivity index (χ1) is 8.54. The van der Waals surface area contributed by atoms with Gasteiger partial charge < -0.3 is 10.6 Å². The van der Waals surface area contributed by atoms with E-state index in [9.17, 15) is 9.59 Å². The van der Waals surface area contributed by atoms with Gasteiger partial charge in [-0.25, -0.2) is 0 Å². The van der Waals surface area contributed by atoms with Gasteiger partial charge in [-0.3, -0.25) is 9.59 Å². The van der Waals surface area contributed by atoms with Crippen LogP contribution in [0.3, 0.4) is 0 Å². The standard InChI is InChI=1S/C14H20N2O2/c1-4-10(2)15-13(17)14(18)16-11(3)12-8-6-5-7-9-12/h5-11H,4H2,1-3H3,(H,15,17)(H,16,18)/t10-,11-/m0/s1. The van der Waals surface area contributed by atoms with Crippen LogP contribution in [-0.4, -0.2) is 17.9 Å². The first-order valence-electron chi connectivity index (χ1n) is 6.21. The molecule has 2 amide bonds. The second-order valence-electron chi connectivity index (χ2n) is 4.39. The van der Waals surface area contributed by atoms with Crippen molar-refractivity contribution in [2.75, 3.05) is 0 Å². The van der Waals surface area contributed by atoms with Crippen LogP contribution >= 0.6 is 0 Å². The first kappa shape index (κ1) is 14.2. The van der Waals surface area contributed by atoms with Crippen molar-refractivity contribution >= 4 is 11.8 Å². The third kappa shape index (κ3) is 4.20. The van der Waals surface area contributed by atoms with Crippen LogP contribution in [0.5, 0.6) is 0 Å². The molecule has 0 aromatic heterocycles. The van der Waals surface area contributed by atoms with E-state index in [0.29, 0.717) is 0 Å². The van der Waals surface area contributed by atoms with Gasteiger partial charge in [0.25, 0.3) is 0 Å². The quantitative estimate of drug-likeness (QED) is 0.798. The molecule has 0 heterocycles. The molecule has 0 radical (unpaired) electrons. The van der Waals surface area contributed by atoms with Gasteiger partial charge in [0.15, 0.2) is 0 Å². The van der Waals surface area contributed by atoms with E-state index >= 15 is 0 Å². The average Bonchev–Trinajstić information content (AvgIpc) is 2.39. The van der Waals surface area contributed by atoms with Gasteiger partial charge in [0, 0.05) is 6.04 Å². The van der Waals surface area contributed by atoms with Crippen LogP contribution in [0.4, 0.5) is 0 Å². The van der Waals surface area contributed by atoms with Crippen molar-refractivity contribution in [2.24, 2.45) is 0 Å². The fraction of sp³-hybridized carbons (Fsp3) is 0.429. The van der Waals surface area contributed by atoms with E-state index in [0.717, 1.165) is 12.0 Å². The van der Waals surface area contributed by atoms with E-state index in [1.54, 1.807) is 0 Å². The molecular weight excluding hydrogens is 228 g/mol. The summed E-state index contributed by atoms with van der Waals surface area (Å²) in [6, 6.07) is 9.37. The number of rotatable bonds is 4. The average molecular weight is 248 g/mol. The van der Waals surface area contributed by atoms with Crippen LogP contribution in [0.25, 0.3) is 0 Å². The summed E-state index contributed by atoms with van der Waals surface area (Å²) in [6.45, 7) is 5.67.